The van der Waals surface area contributed by atoms with Crippen LogP contribution in [0, 0.1) is 18.3 Å². The van der Waals surface area contributed by atoms with Crippen LogP contribution in [0.4, 0.5) is 11.4 Å². The molecule has 0 saturated heterocycles. The summed E-state index contributed by atoms with van der Waals surface area (Å²) in [4.78, 5) is 13.3. The summed E-state index contributed by atoms with van der Waals surface area (Å²) in [5, 5.41) is 11.2. The molecule has 16 heavy (non-hydrogen) atoms. The van der Waals surface area contributed by atoms with Gasteiger partial charge in [-0.2, -0.15) is 5.26 Å². The molecule has 0 heterocycles. The normalized spacial score (nSPS) is 9.38. The Hall–Kier alpha value is -2.02. The lowest BCUT2D eigenvalue weighted by Crippen LogP contribution is -2.16. The van der Waals surface area contributed by atoms with Gasteiger partial charge in [0.05, 0.1) is 17.4 Å². The van der Waals surface area contributed by atoms with Crippen LogP contribution in [0.5, 0.6) is 0 Å². The average Bonchev–Trinajstić information content (AvgIpc) is 2.17. The first-order valence-electron chi connectivity index (χ1n) is 4.99. The van der Waals surface area contributed by atoms with Gasteiger partial charge < -0.3 is 10.2 Å². The van der Waals surface area contributed by atoms with Gasteiger partial charge in [-0.15, -0.1) is 0 Å². The molecule has 84 valence electrons. The molecule has 1 aromatic rings. The van der Waals surface area contributed by atoms with Crippen LogP contribution in [0.2, 0.25) is 0 Å². The predicted octanol–water partition coefficient (Wildman–Crippen LogP) is 1.91. The van der Waals surface area contributed by atoms with Crippen LogP contribution in [0.3, 0.4) is 0 Å². The molecule has 0 aromatic heterocycles. The number of nitrogens with one attached hydrogen (secondary N) is 1. The Morgan fingerprint density at radius 2 is 2.19 bits per heavy atom. The van der Waals surface area contributed by atoms with Crippen molar-refractivity contribution in [3.05, 3.63) is 23.8 Å². The van der Waals surface area contributed by atoms with E-state index in [1.165, 1.54) is 0 Å². The Bertz CT molecular complexity index is 432. The molecule has 0 unspecified atom stereocenters. The number of nitriles is 1. The van der Waals surface area contributed by atoms with Crippen LogP contribution in [-0.4, -0.2) is 20.0 Å². The van der Waals surface area contributed by atoms with E-state index in [9.17, 15) is 4.79 Å². The molecular weight excluding hydrogens is 202 g/mol. The third-order valence-corrected chi connectivity index (χ3v) is 2.15. The van der Waals surface area contributed by atoms with E-state index in [0.717, 1.165) is 16.9 Å². The standard InChI is InChI=1S/C12H15N3O/c1-9-4-5-11(15(2)3)10(8-9)14-12(16)6-7-13/h4-5,8H,6H2,1-3H3,(H,14,16). The zero-order valence-electron chi connectivity index (χ0n) is 9.74. The summed E-state index contributed by atoms with van der Waals surface area (Å²) >= 11 is 0. The minimum atomic E-state index is -0.281. The third-order valence-electron chi connectivity index (χ3n) is 2.15. The number of rotatable bonds is 3. The fourth-order valence-electron chi connectivity index (χ4n) is 1.41. The molecule has 0 radical (unpaired) electrons. The number of amides is 1. The third kappa shape index (κ3) is 2.99. The number of anilines is 2. The summed E-state index contributed by atoms with van der Waals surface area (Å²) in [5.74, 6) is -0.281. The number of benzene rings is 1. The van der Waals surface area contributed by atoms with E-state index in [0.29, 0.717) is 0 Å². The van der Waals surface area contributed by atoms with E-state index < -0.39 is 0 Å². The Kier molecular flexibility index (Phi) is 3.90. The molecule has 1 aromatic carbocycles. The molecule has 0 aliphatic heterocycles. The number of hydrogen-bond donors (Lipinski definition) is 1. The van der Waals surface area contributed by atoms with Gasteiger partial charge in [0.25, 0.3) is 0 Å². The van der Waals surface area contributed by atoms with Crippen molar-refractivity contribution in [3.63, 3.8) is 0 Å². The minimum Gasteiger partial charge on any atom is -0.376 e. The van der Waals surface area contributed by atoms with Crippen LogP contribution in [-0.2, 0) is 4.79 Å². The van der Waals surface area contributed by atoms with Crippen LogP contribution in [0.1, 0.15) is 12.0 Å². The molecule has 1 amide bonds. The van der Waals surface area contributed by atoms with Crippen LogP contribution in [0.15, 0.2) is 18.2 Å². The maximum Gasteiger partial charge on any atom is 0.238 e. The van der Waals surface area contributed by atoms with E-state index in [2.05, 4.69) is 5.32 Å². The van der Waals surface area contributed by atoms with Gasteiger partial charge in [0.15, 0.2) is 0 Å². The lowest BCUT2D eigenvalue weighted by Gasteiger charge is -2.18. The van der Waals surface area contributed by atoms with Crippen molar-refractivity contribution in [2.45, 2.75) is 13.3 Å². The molecule has 0 aliphatic rings. The Morgan fingerprint density at radius 1 is 1.50 bits per heavy atom. The number of aryl methyl sites for hydroxylation is 1. The van der Waals surface area contributed by atoms with Crippen LogP contribution in [0.25, 0.3) is 0 Å². The highest BCUT2D eigenvalue weighted by Gasteiger charge is 2.08. The second kappa shape index (κ2) is 5.17. The molecule has 1 rings (SSSR count). The molecule has 4 heteroatoms. The van der Waals surface area contributed by atoms with E-state index in [4.69, 9.17) is 5.26 Å². The summed E-state index contributed by atoms with van der Waals surface area (Å²) in [6, 6.07) is 7.64. The van der Waals surface area contributed by atoms with Crippen molar-refractivity contribution in [1.29, 1.82) is 5.26 Å². The summed E-state index contributed by atoms with van der Waals surface area (Å²) in [6.07, 6.45) is -0.124. The Balaban J connectivity index is 2.97. The van der Waals surface area contributed by atoms with E-state index >= 15 is 0 Å². The molecule has 0 aliphatic carbocycles. The first-order valence-corrected chi connectivity index (χ1v) is 4.99. The fraction of sp³-hybridized carbons (Fsp3) is 0.333. The zero-order chi connectivity index (χ0) is 12.1. The quantitative estimate of drug-likeness (QED) is 0.841. The van der Waals surface area contributed by atoms with Gasteiger partial charge >= 0.3 is 0 Å². The monoisotopic (exact) mass is 217 g/mol. The van der Waals surface area contributed by atoms with E-state index in [1.807, 2.05) is 50.2 Å². The van der Waals surface area contributed by atoms with Gasteiger partial charge in [0.1, 0.15) is 6.42 Å². The highest BCUT2D eigenvalue weighted by molar-refractivity contribution is 5.95. The van der Waals surface area contributed by atoms with Gasteiger partial charge in [-0.1, -0.05) is 6.07 Å². The highest BCUT2D eigenvalue weighted by Crippen LogP contribution is 2.25. The number of carbonyl (C=O) groups is 1. The van der Waals surface area contributed by atoms with Crippen molar-refractivity contribution in [2.75, 3.05) is 24.3 Å². The molecule has 0 bridgehead atoms. The molecule has 0 fully saturated rings. The van der Waals surface area contributed by atoms with Crippen LogP contribution >= 0.6 is 0 Å². The minimum absolute atomic E-state index is 0.124. The topological polar surface area (TPSA) is 56.1 Å². The highest BCUT2D eigenvalue weighted by atomic mass is 16.1. The van der Waals surface area contributed by atoms with Crippen molar-refractivity contribution in [1.82, 2.24) is 0 Å². The van der Waals surface area contributed by atoms with Crippen molar-refractivity contribution in [3.8, 4) is 6.07 Å². The maximum absolute atomic E-state index is 11.3. The smallest absolute Gasteiger partial charge is 0.238 e. The van der Waals surface area contributed by atoms with Gasteiger partial charge in [0, 0.05) is 14.1 Å². The van der Waals surface area contributed by atoms with Crippen molar-refractivity contribution < 1.29 is 4.79 Å². The summed E-state index contributed by atoms with van der Waals surface area (Å²) in [7, 11) is 3.81. The predicted molar refractivity (Wildman–Crippen MR) is 64.4 cm³/mol. The van der Waals surface area contributed by atoms with Gasteiger partial charge in [-0.05, 0) is 24.6 Å². The van der Waals surface area contributed by atoms with E-state index in [1.54, 1.807) is 0 Å². The molecule has 4 nitrogen and oxygen atoms in total. The van der Waals surface area contributed by atoms with Gasteiger partial charge in [0.2, 0.25) is 5.91 Å². The first-order chi connectivity index (χ1) is 7.54. The number of carbonyl (C=O) groups excluding carboxylic acids is 1. The van der Waals surface area contributed by atoms with Crippen molar-refractivity contribution in [2.24, 2.45) is 0 Å². The van der Waals surface area contributed by atoms with Gasteiger partial charge in [-0.25, -0.2) is 0 Å². The SMILES string of the molecule is Cc1ccc(N(C)C)c(NC(=O)CC#N)c1. The zero-order valence-corrected chi connectivity index (χ0v) is 9.74. The molecular formula is C12H15N3O. The molecule has 1 N–H and O–H groups in total. The lowest BCUT2D eigenvalue weighted by molar-refractivity contribution is -0.115. The Labute approximate surface area is 95.5 Å². The average molecular weight is 217 g/mol. The number of hydrogen-bond acceptors (Lipinski definition) is 3. The summed E-state index contributed by atoms with van der Waals surface area (Å²) in [5.41, 5.74) is 2.74. The van der Waals surface area contributed by atoms with E-state index in [-0.39, 0.29) is 12.3 Å². The van der Waals surface area contributed by atoms with Gasteiger partial charge in [-0.3, -0.25) is 4.79 Å². The largest absolute Gasteiger partial charge is 0.376 e. The maximum atomic E-state index is 11.3. The molecule has 0 spiro atoms. The second-order valence-corrected chi connectivity index (χ2v) is 3.80. The second-order valence-electron chi connectivity index (χ2n) is 3.80. The lowest BCUT2D eigenvalue weighted by atomic mass is 10.1. The van der Waals surface area contributed by atoms with Crippen molar-refractivity contribution >= 4 is 17.3 Å². The first kappa shape index (κ1) is 12.1. The number of nitrogens with zero attached hydrogens (tertiary/aromatic N) is 2. The fourth-order valence-corrected chi connectivity index (χ4v) is 1.41. The Morgan fingerprint density at radius 3 is 2.75 bits per heavy atom. The molecule has 0 atom stereocenters. The molecule has 0 saturated carbocycles. The summed E-state index contributed by atoms with van der Waals surface area (Å²) < 4.78 is 0. The van der Waals surface area contributed by atoms with Crippen LogP contribution < -0.4 is 10.2 Å². The summed E-state index contributed by atoms with van der Waals surface area (Å²) in [6.45, 7) is 1.96.